The van der Waals surface area contributed by atoms with Crippen LogP contribution in [0.15, 0.2) is 36.4 Å². The molecule has 0 atom stereocenters. The van der Waals surface area contributed by atoms with E-state index in [9.17, 15) is 0 Å². The molecule has 0 heterocycles. The van der Waals surface area contributed by atoms with Crippen LogP contribution in [0.2, 0.25) is 5.02 Å². The second-order valence-electron chi connectivity index (χ2n) is 4.68. The molecule has 2 aromatic carbocycles. The van der Waals surface area contributed by atoms with Crippen molar-refractivity contribution in [1.29, 1.82) is 0 Å². The van der Waals surface area contributed by atoms with Gasteiger partial charge in [0.2, 0.25) is 0 Å². The standard InChI is InChI=1S/C16H16ClNOS/c1-10-7-13(8-11(2)15(10)17)19-9-12-5-3-4-6-14(12)16(18)20/h3-8H,9H2,1-2H3,(H2,18,20). The molecule has 0 aliphatic heterocycles. The van der Waals surface area contributed by atoms with Gasteiger partial charge >= 0.3 is 0 Å². The van der Waals surface area contributed by atoms with Crippen LogP contribution in [0.3, 0.4) is 0 Å². The topological polar surface area (TPSA) is 35.2 Å². The lowest BCUT2D eigenvalue weighted by Gasteiger charge is -2.12. The quantitative estimate of drug-likeness (QED) is 0.861. The number of hydrogen-bond acceptors (Lipinski definition) is 2. The van der Waals surface area contributed by atoms with Gasteiger partial charge in [0.25, 0.3) is 0 Å². The average molecular weight is 306 g/mol. The van der Waals surface area contributed by atoms with Crippen molar-refractivity contribution in [3.05, 3.63) is 63.7 Å². The second-order valence-corrected chi connectivity index (χ2v) is 5.50. The Kier molecular flexibility index (Phi) is 4.63. The minimum Gasteiger partial charge on any atom is -0.489 e. The second kappa shape index (κ2) is 6.25. The summed E-state index contributed by atoms with van der Waals surface area (Å²) in [6, 6.07) is 11.6. The summed E-state index contributed by atoms with van der Waals surface area (Å²) < 4.78 is 5.83. The lowest BCUT2D eigenvalue weighted by Crippen LogP contribution is -2.13. The Bertz CT molecular complexity index is 632. The fourth-order valence-corrected chi connectivity index (χ4v) is 2.35. The van der Waals surface area contributed by atoms with E-state index in [1.54, 1.807) is 0 Å². The number of ether oxygens (including phenoxy) is 1. The normalized spacial score (nSPS) is 10.3. The number of rotatable bonds is 4. The summed E-state index contributed by atoms with van der Waals surface area (Å²) in [5.74, 6) is 0.794. The third kappa shape index (κ3) is 3.30. The Labute approximate surface area is 129 Å². The van der Waals surface area contributed by atoms with Crippen LogP contribution in [0.25, 0.3) is 0 Å². The van der Waals surface area contributed by atoms with Gasteiger partial charge < -0.3 is 10.5 Å². The van der Waals surface area contributed by atoms with Crippen molar-refractivity contribution in [2.45, 2.75) is 20.5 Å². The summed E-state index contributed by atoms with van der Waals surface area (Å²) in [6.07, 6.45) is 0. The highest BCUT2D eigenvalue weighted by Gasteiger charge is 2.07. The summed E-state index contributed by atoms with van der Waals surface area (Å²) in [7, 11) is 0. The molecule has 0 radical (unpaired) electrons. The number of hydrogen-bond donors (Lipinski definition) is 1. The van der Waals surface area contributed by atoms with Crippen LogP contribution in [-0.4, -0.2) is 4.99 Å². The van der Waals surface area contributed by atoms with Crippen LogP contribution in [0.5, 0.6) is 5.75 Å². The largest absolute Gasteiger partial charge is 0.489 e. The Hall–Kier alpha value is -1.58. The van der Waals surface area contributed by atoms with Crippen molar-refractivity contribution >= 4 is 28.8 Å². The molecule has 0 unspecified atom stereocenters. The highest BCUT2D eigenvalue weighted by molar-refractivity contribution is 7.80. The predicted molar refractivity (Wildman–Crippen MR) is 87.6 cm³/mol. The number of halogens is 1. The molecule has 0 saturated carbocycles. The van der Waals surface area contributed by atoms with E-state index >= 15 is 0 Å². The minimum atomic E-state index is 0.382. The van der Waals surface area contributed by atoms with Crippen molar-refractivity contribution < 1.29 is 4.74 Å². The van der Waals surface area contributed by atoms with Crippen LogP contribution >= 0.6 is 23.8 Å². The van der Waals surface area contributed by atoms with Crippen molar-refractivity contribution in [1.82, 2.24) is 0 Å². The van der Waals surface area contributed by atoms with E-state index < -0.39 is 0 Å². The molecule has 104 valence electrons. The van der Waals surface area contributed by atoms with Crippen LogP contribution in [0, 0.1) is 13.8 Å². The van der Waals surface area contributed by atoms with E-state index in [1.165, 1.54) is 0 Å². The molecule has 0 bridgehead atoms. The first-order valence-corrected chi connectivity index (χ1v) is 7.05. The number of nitrogens with two attached hydrogens (primary N) is 1. The summed E-state index contributed by atoms with van der Waals surface area (Å²) in [6.45, 7) is 4.35. The summed E-state index contributed by atoms with van der Waals surface area (Å²) in [5.41, 5.74) is 9.55. The van der Waals surface area contributed by atoms with Gasteiger partial charge in [-0.3, -0.25) is 0 Å². The van der Waals surface area contributed by atoms with Crippen LogP contribution in [-0.2, 0) is 6.61 Å². The van der Waals surface area contributed by atoms with Gasteiger partial charge in [0.15, 0.2) is 0 Å². The van der Waals surface area contributed by atoms with E-state index in [1.807, 2.05) is 50.2 Å². The Morgan fingerprint density at radius 2 is 1.80 bits per heavy atom. The molecular formula is C16H16ClNOS. The van der Waals surface area contributed by atoms with E-state index in [-0.39, 0.29) is 0 Å². The first-order chi connectivity index (χ1) is 9.49. The smallest absolute Gasteiger partial charge is 0.120 e. The van der Waals surface area contributed by atoms with E-state index in [4.69, 9.17) is 34.3 Å². The predicted octanol–water partition coefficient (Wildman–Crippen LogP) is 4.17. The van der Waals surface area contributed by atoms with E-state index in [2.05, 4.69) is 0 Å². The zero-order chi connectivity index (χ0) is 14.7. The average Bonchev–Trinajstić information content (AvgIpc) is 2.42. The molecule has 0 aliphatic rings. The van der Waals surface area contributed by atoms with Crippen LogP contribution < -0.4 is 10.5 Å². The fourth-order valence-electron chi connectivity index (χ4n) is 2.04. The van der Waals surface area contributed by atoms with Gasteiger partial charge in [-0.2, -0.15) is 0 Å². The molecule has 2 N–H and O–H groups in total. The molecule has 2 nitrogen and oxygen atoms in total. The van der Waals surface area contributed by atoms with Crippen LogP contribution in [0.4, 0.5) is 0 Å². The molecular weight excluding hydrogens is 290 g/mol. The van der Waals surface area contributed by atoms with Crippen molar-refractivity contribution in [2.24, 2.45) is 5.73 Å². The summed E-state index contributed by atoms with van der Waals surface area (Å²) >= 11 is 11.2. The molecule has 2 aromatic rings. The molecule has 0 amide bonds. The van der Waals surface area contributed by atoms with Crippen molar-refractivity contribution in [3.63, 3.8) is 0 Å². The van der Waals surface area contributed by atoms with Crippen molar-refractivity contribution in [2.75, 3.05) is 0 Å². The molecule has 0 spiro atoms. The lowest BCUT2D eigenvalue weighted by atomic mass is 10.1. The van der Waals surface area contributed by atoms with E-state index in [0.29, 0.717) is 11.6 Å². The Morgan fingerprint density at radius 1 is 1.20 bits per heavy atom. The summed E-state index contributed by atoms with van der Waals surface area (Å²) in [4.78, 5) is 0.382. The van der Waals surface area contributed by atoms with Crippen molar-refractivity contribution in [3.8, 4) is 5.75 Å². The molecule has 2 rings (SSSR count). The zero-order valence-electron chi connectivity index (χ0n) is 11.4. The third-order valence-corrected chi connectivity index (χ3v) is 3.90. The SMILES string of the molecule is Cc1cc(OCc2ccccc2C(N)=S)cc(C)c1Cl. The van der Waals surface area contributed by atoms with Gasteiger partial charge in [-0.05, 0) is 42.7 Å². The molecule has 0 fully saturated rings. The summed E-state index contributed by atoms with van der Waals surface area (Å²) in [5, 5.41) is 0.779. The molecule has 0 saturated heterocycles. The Balaban J connectivity index is 2.19. The fraction of sp³-hybridized carbons (Fsp3) is 0.188. The number of aryl methyl sites for hydroxylation is 2. The highest BCUT2D eigenvalue weighted by atomic mass is 35.5. The highest BCUT2D eigenvalue weighted by Crippen LogP contribution is 2.26. The maximum absolute atomic E-state index is 6.14. The Morgan fingerprint density at radius 3 is 2.40 bits per heavy atom. The lowest BCUT2D eigenvalue weighted by molar-refractivity contribution is 0.305. The maximum Gasteiger partial charge on any atom is 0.120 e. The first-order valence-electron chi connectivity index (χ1n) is 6.26. The molecule has 20 heavy (non-hydrogen) atoms. The first kappa shape index (κ1) is 14.8. The molecule has 4 heteroatoms. The number of benzene rings is 2. The van der Waals surface area contributed by atoms with Gasteiger partial charge in [-0.25, -0.2) is 0 Å². The van der Waals surface area contributed by atoms with Crippen LogP contribution in [0.1, 0.15) is 22.3 Å². The molecule has 0 aliphatic carbocycles. The van der Waals surface area contributed by atoms with Gasteiger partial charge in [0.05, 0.1) is 0 Å². The third-order valence-electron chi connectivity index (χ3n) is 3.09. The van der Waals surface area contributed by atoms with Gasteiger partial charge in [0.1, 0.15) is 17.3 Å². The van der Waals surface area contributed by atoms with E-state index in [0.717, 1.165) is 33.0 Å². The van der Waals surface area contributed by atoms with Gasteiger partial charge in [-0.1, -0.05) is 48.1 Å². The minimum absolute atomic E-state index is 0.382. The monoisotopic (exact) mass is 305 g/mol. The molecule has 0 aromatic heterocycles. The zero-order valence-corrected chi connectivity index (χ0v) is 13.0. The number of thiocarbonyl (C=S) groups is 1. The van der Waals surface area contributed by atoms with Gasteiger partial charge in [0, 0.05) is 10.6 Å². The maximum atomic E-state index is 6.14. The van der Waals surface area contributed by atoms with Gasteiger partial charge in [-0.15, -0.1) is 0 Å².